The van der Waals surface area contributed by atoms with Gasteiger partial charge in [0.2, 0.25) is 0 Å². The third-order valence-corrected chi connectivity index (χ3v) is 2.23. The maximum absolute atomic E-state index is 12.8. The molecule has 1 aromatic carbocycles. The average Bonchev–Trinajstić information content (AvgIpc) is 2.80. The first-order valence-electron chi connectivity index (χ1n) is 4.83. The minimum Gasteiger partial charge on any atom is -0.290 e. The van der Waals surface area contributed by atoms with E-state index >= 15 is 0 Å². The highest BCUT2D eigenvalue weighted by Gasteiger charge is 2.04. The summed E-state index contributed by atoms with van der Waals surface area (Å²) >= 11 is 0. The first kappa shape index (κ1) is 10.5. The normalized spacial score (nSPS) is 11.8. The van der Waals surface area contributed by atoms with Crippen LogP contribution in [0.15, 0.2) is 41.9 Å². The molecule has 0 fully saturated rings. The molecule has 0 saturated heterocycles. The Labute approximate surface area is 92.5 Å². The number of benzene rings is 1. The number of aliphatic imine (C=N–C) groups is 1. The molecule has 0 aliphatic heterocycles. The van der Waals surface area contributed by atoms with Crippen molar-refractivity contribution in [2.45, 2.75) is 6.54 Å². The van der Waals surface area contributed by atoms with Gasteiger partial charge in [0.1, 0.15) is 18.5 Å². The summed E-state index contributed by atoms with van der Waals surface area (Å²) in [5.74, 6) is -0.250. The zero-order chi connectivity index (χ0) is 11.4. The van der Waals surface area contributed by atoms with Crippen molar-refractivity contribution in [3.63, 3.8) is 0 Å². The van der Waals surface area contributed by atoms with Gasteiger partial charge in [-0.05, 0) is 17.7 Å². The number of halogens is 1. The topological polar surface area (TPSA) is 43.1 Å². The first-order chi connectivity index (χ1) is 7.79. The van der Waals surface area contributed by atoms with Crippen LogP contribution < -0.4 is 0 Å². The number of hydrogen-bond acceptors (Lipinski definition) is 3. The molecular weight excluding hydrogens is 207 g/mol. The summed E-state index contributed by atoms with van der Waals surface area (Å²) in [5.41, 5.74) is 1.73. The van der Waals surface area contributed by atoms with Crippen molar-refractivity contribution in [2.75, 3.05) is 7.05 Å². The van der Waals surface area contributed by atoms with Gasteiger partial charge in [0.05, 0.1) is 12.3 Å². The number of nitrogens with zero attached hydrogens (tertiary/aromatic N) is 4. The van der Waals surface area contributed by atoms with E-state index in [1.54, 1.807) is 30.2 Å². The smallest absolute Gasteiger partial charge is 0.137 e. The molecule has 0 atom stereocenters. The van der Waals surface area contributed by atoms with Gasteiger partial charge in [-0.1, -0.05) is 12.1 Å². The van der Waals surface area contributed by atoms with E-state index in [0.29, 0.717) is 6.54 Å². The molecule has 0 saturated carbocycles. The molecule has 4 nitrogen and oxygen atoms in total. The summed E-state index contributed by atoms with van der Waals surface area (Å²) in [6.07, 6.45) is 3.09. The van der Waals surface area contributed by atoms with E-state index in [-0.39, 0.29) is 5.82 Å². The summed E-state index contributed by atoms with van der Waals surface area (Å²) in [6, 6.07) is 6.24. The van der Waals surface area contributed by atoms with Crippen LogP contribution in [-0.4, -0.2) is 27.5 Å². The molecule has 5 heteroatoms. The van der Waals surface area contributed by atoms with E-state index in [1.165, 1.54) is 18.5 Å². The third-order valence-electron chi connectivity index (χ3n) is 2.23. The summed E-state index contributed by atoms with van der Waals surface area (Å²) in [4.78, 5) is 8.02. The van der Waals surface area contributed by atoms with Crippen LogP contribution in [0.3, 0.4) is 0 Å². The molecule has 0 amide bonds. The molecule has 1 heterocycles. The summed E-state index contributed by atoms with van der Waals surface area (Å²) in [6.45, 7) is 0.530. The van der Waals surface area contributed by atoms with Gasteiger partial charge in [-0.15, -0.1) is 0 Å². The predicted molar refractivity (Wildman–Crippen MR) is 58.9 cm³/mol. The van der Waals surface area contributed by atoms with Gasteiger partial charge in [-0.25, -0.2) is 14.1 Å². The molecule has 0 radical (unpaired) electrons. The fraction of sp³-hybridized carbons (Fsp3) is 0.182. The fourth-order valence-electron chi connectivity index (χ4n) is 1.40. The Morgan fingerprint density at radius 1 is 1.38 bits per heavy atom. The number of aromatic nitrogens is 3. The molecule has 82 valence electrons. The van der Waals surface area contributed by atoms with E-state index in [1.807, 2.05) is 0 Å². The van der Waals surface area contributed by atoms with Crippen LogP contribution in [-0.2, 0) is 6.54 Å². The lowest BCUT2D eigenvalue weighted by Gasteiger charge is -2.05. The Kier molecular flexibility index (Phi) is 3.05. The molecule has 16 heavy (non-hydrogen) atoms. The molecule has 0 aliphatic rings. The van der Waals surface area contributed by atoms with Crippen LogP contribution >= 0.6 is 0 Å². The van der Waals surface area contributed by atoms with Gasteiger partial charge < -0.3 is 0 Å². The second-order valence-electron chi connectivity index (χ2n) is 3.27. The molecular formula is C11H11FN4. The summed E-state index contributed by atoms with van der Waals surface area (Å²) in [7, 11) is 1.70. The highest BCUT2D eigenvalue weighted by Crippen LogP contribution is 2.05. The van der Waals surface area contributed by atoms with Crippen LogP contribution in [0.2, 0.25) is 0 Å². The summed E-state index contributed by atoms with van der Waals surface area (Å²) in [5, 5.41) is 4.00. The van der Waals surface area contributed by atoms with E-state index in [9.17, 15) is 4.39 Å². The van der Waals surface area contributed by atoms with Crippen LogP contribution in [0.4, 0.5) is 4.39 Å². The van der Waals surface area contributed by atoms with Gasteiger partial charge in [0.25, 0.3) is 0 Å². The van der Waals surface area contributed by atoms with Gasteiger partial charge in [0, 0.05) is 7.05 Å². The SMILES string of the molecule is CN=C(Cn1cncn1)c1ccc(F)cc1. The lowest BCUT2D eigenvalue weighted by molar-refractivity contribution is 0.627. The van der Waals surface area contributed by atoms with E-state index in [2.05, 4.69) is 15.1 Å². The van der Waals surface area contributed by atoms with Gasteiger partial charge in [-0.3, -0.25) is 4.99 Å². The Balaban J connectivity index is 2.20. The molecule has 0 unspecified atom stereocenters. The third kappa shape index (κ3) is 2.31. The Morgan fingerprint density at radius 2 is 2.12 bits per heavy atom. The highest BCUT2D eigenvalue weighted by molar-refractivity contribution is 6.00. The Bertz CT molecular complexity index is 473. The van der Waals surface area contributed by atoms with Crippen LogP contribution in [0.25, 0.3) is 0 Å². The van der Waals surface area contributed by atoms with E-state index in [4.69, 9.17) is 0 Å². The zero-order valence-electron chi connectivity index (χ0n) is 8.84. The average molecular weight is 218 g/mol. The van der Waals surface area contributed by atoms with Gasteiger partial charge >= 0.3 is 0 Å². The number of rotatable bonds is 3. The molecule has 1 aromatic heterocycles. The molecule has 2 rings (SSSR count). The van der Waals surface area contributed by atoms with Gasteiger partial charge in [0.15, 0.2) is 0 Å². The van der Waals surface area contributed by atoms with Crippen molar-refractivity contribution in [3.05, 3.63) is 48.3 Å². The van der Waals surface area contributed by atoms with E-state index in [0.717, 1.165) is 11.3 Å². The fourth-order valence-corrected chi connectivity index (χ4v) is 1.40. The Hall–Kier alpha value is -2.04. The summed E-state index contributed by atoms with van der Waals surface area (Å²) < 4.78 is 14.4. The largest absolute Gasteiger partial charge is 0.290 e. The van der Waals surface area contributed by atoms with Crippen molar-refractivity contribution in [2.24, 2.45) is 4.99 Å². The quantitative estimate of drug-likeness (QED) is 0.733. The van der Waals surface area contributed by atoms with Crippen molar-refractivity contribution >= 4 is 5.71 Å². The van der Waals surface area contributed by atoms with Crippen molar-refractivity contribution < 1.29 is 4.39 Å². The molecule has 0 spiro atoms. The maximum Gasteiger partial charge on any atom is 0.137 e. The maximum atomic E-state index is 12.8. The Morgan fingerprint density at radius 3 is 2.69 bits per heavy atom. The van der Waals surface area contributed by atoms with Crippen molar-refractivity contribution in [1.82, 2.24) is 14.8 Å². The van der Waals surface area contributed by atoms with Crippen molar-refractivity contribution in [3.8, 4) is 0 Å². The lowest BCUT2D eigenvalue weighted by Crippen LogP contribution is -2.12. The number of hydrogen-bond donors (Lipinski definition) is 0. The van der Waals surface area contributed by atoms with E-state index < -0.39 is 0 Å². The lowest BCUT2D eigenvalue weighted by atomic mass is 10.1. The molecule has 0 bridgehead atoms. The van der Waals surface area contributed by atoms with Crippen molar-refractivity contribution in [1.29, 1.82) is 0 Å². The zero-order valence-corrected chi connectivity index (χ0v) is 8.84. The van der Waals surface area contributed by atoms with Crippen LogP contribution in [0.1, 0.15) is 5.56 Å². The second kappa shape index (κ2) is 4.65. The second-order valence-corrected chi connectivity index (χ2v) is 3.27. The standard InChI is InChI=1S/C11H11FN4/c1-13-11(6-16-8-14-7-15-16)9-2-4-10(12)5-3-9/h2-5,7-8H,6H2,1H3. The van der Waals surface area contributed by atoms with Crippen LogP contribution in [0, 0.1) is 5.82 Å². The van der Waals surface area contributed by atoms with Gasteiger partial charge in [-0.2, -0.15) is 5.10 Å². The van der Waals surface area contributed by atoms with Crippen LogP contribution in [0.5, 0.6) is 0 Å². The minimum absolute atomic E-state index is 0.250. The molecule has 0 aliphatic carbocycles. The minimum atomic E-state index is -0.250. The highest BCUT2D eigenvalue weighted by atomic mass is 19.1. The monoisotopic (exact) mass is 218 g/mol. The predicted octanol–water partition coefficient (Wildman–Crippen LogP) is 1.54. The molecule has 0 N–H and O–H groups in total. The molecule has 2 aromatic rings. The first-order valence-corrected chi connectivity index (χ1v) is 4.83.